The molecular formula is C9H6BrClN2S. The largest absolute Gasteiger partial charge is 0.375 e. The lowest BCUT2D eigenvalue weighted by Gasteiger charge is -2.02. The predicted octanol–water partition coefficient (Wildman–Crippen LogP) is 3.81. The van der Waals surface area contributed by atoms with Crippen molar-refractivity contribution in [3.8, 4) is 10.4 Å². The van der Waals surface area contributed by atoms with Gasteiger partial charge in [0, 0.05) is 16.2 Å². The zero-order chi connectivity index (χ0) is 10.1. The number of hydrogen-bond acceptors (Lipinski definition) is 3. The molecular weight excluding hydrogens is 284 g/mol. The van der Waals surface area contributed by atoms with Gasteiger partial charge < -0.3 is 5.73 Å². The second-order valence-electron chi connectivity index (χ2n) is 2.66. The lowest BCUT2D eigenvalue weighted by molar-refractivity contribution is 1.42. The van der Waals surface area contributed by atoms with Gasteiger partial charge in [0.25, 0.3) is 0 Å². The van der Waals surface area contributed by atoms with Crippen molar-refractivity contribution in [1.82, 2.24) is 4.98 Å². The molecule has 0 bridgehead atoms. The van der Waals surface area contributed by atoms with Gasteiger partial charge >= 0.3 is 0 Å². The second kappa shape index (κ2) is 3.88. The van der Waals surface area contributed by atoms with E-state index < -0.39 is 0 Å². The third-order valence-corrected chi connectivity index (χ3v) is 3.55. The number of nitrogens with two attached hydrogens (primary N) is 1. The molecule has 0 aliphatic rings. The van der Waals surface area contributed by atoms with E-state index in [1.807, 2.05) is 18.2 Å². The molecule has 14 heavy (non-hydrogen) atoms. The summed E-state index contributed by atoms with van der Waals surface area (Å²) in [7, 11) is 0. The first-order valence-corrected chi connectivity index (χ1v) is 5.83. The van der Waals surface area contributed by atoms with Gasteiger partial charge in [-0.1, -0.05) is 44.9 Å². The first-order valence-electron chi connectivity index (χ1n) is 3.84. The van der Waals surface area contributed by atoms with Gasteiger partial charge in [0.15, 0.2) is 5.13 Å². The number of thiazole rings is 1. The molecule has 0 radical (unpaired) electrons. The Morgan fingerprint density at radius 3 is 2.79 bits per heavy atom. The number of rotatable bonds is 1. The standard InChI is InChI=1S/C9H6BrClN2S/c10-5-2-1-3-6(11)8(5)7-4-13-9(12)14-7/h1-4H,(H2,12,13). The Morgan fingerprint density at radius 2 is 2.21 bits per heavy atom. The van der Waals surface area contributed by atoms with E-state index in [1.54, 1.807) is 6.20 Å². The monoisotopic (exact) mass is 288 g/mol. The maximum absolute atomic E-state index is 6.08. The minimum absolute atomic E-state index is 0.548. The maximum Gasteiger partial charge on any atom is 0.180 e. The van der Waals surface area contributed by atoms with Crippen molar-refractivity contribution in [3.63, 3.8) is 0 Å². The molecule has 0 unspecified atom stereocenters. The highest BCUT2D eigenvalue weighted by molar-refractivity contribution is 9.10. The number of hydrogen-bond donors (Lipinski definition) is 1. The number of aromatic nitrogens is 1. The Hall–Kier alpha value is -0.580. The van der Waals surface area contributed by atoms with Gasteiger partial charge in [-0.05, 0) is 12.1 Å². The van der Waals surface area contributed by atoms with E-state index in [2.05, 4.69) is 20.9 Å². The van der Waals surface area contributed by atoms with Crippen LogP contribution in [0.5, 0.6) is 0 Å². The highest BCUT2D eigenvalue weighted by Crippen LogP contribution is 2.38. The number of nitrogens with zero attached hydrogens (tertiary/aromatic N) is 1. The zero-order valence-corrected chi connectivity index (χ0v) is 10.2. The molecule has 1 heterocycles. The minimum Gasteiger partial charge on any atom is -0.375 e. The summed E-state index contributed by atoms with van der Waals surface area (Å²) in [5.74, 6) is 0. The summed E-state index contributed by atoms with van der Waals surface area (Å²) in [6, 6.07) is 5.68. The summed E-state index contributed by atoms with van der Waals surface area (Å²) in [6.45, 7) is 0. The lowest BCUT2D eigenvalue weighted by Crippen LogP contribution is -1.77. The van der Waals surface area contributed by atoms with E-state index in [9.17, 15) is 0 Å². The van der Waals surface area contributed by atoms with Crippen LogP contribution in [0.2, 0.25) is 5.02 Å². The Kier molecular flexibility index (Phi) is 2.76. The Labute approximate surface area is 98.9 Å². The van der Waals surface area contributed by atoms with Crippen LogP contribution in [-0.2, 0) is 0 Å². The number of benzene rings is 1. The van der Waals surface area contributed by atoms with E-state index in [0.29, 0.717) is 10.2 Å². The summed E-state index contributed by atoms with van der Waals surface area (Å²) >= 11 is 10.9. The first kappa shape index (κ1) is 9.96. The van der Waals surface area contributed by atoms with Gasteiger partial charge in [-0.15, -0.1) is 0 Å². The molecule has 0 fully saturated rings. The Bertz CT molecular complexity index is 449. The van der Waals surface area contributed by atoms with Crippen LogP contribution in [0.1, 0.15) is 0 Å². The SMILES string of the molecule is Nc1ncc(-c2c(Cl)cccc2Br)s1. The van der Waals surface area contributed by atoms with Crippen molar-refractivity contribution in [2.45, 2.75) is 0 Å². The average Bonchev–Trinajstić information content (AvgIpc) is 2.51. The van der Waals surface area contributed by atoms with Crippen LogP contribution in [0.4, 0.5) is 5.13 Å². The van der Waals surface area contributed by atoms with Gasteiger partial charge in [-0.25, -0.2) is 4.98 Å². The van der Waals surface area contributed by atoms with Crippen LogP contribution in [0.15, 0.2) is 28.9 Å². The third-order valence-electron chi connectivity index (χ3n) is 1.73. The number of anilines is 1. The highest BCUT2D eigenvalue weighted by atomic mass is 79.9. The van der Waals surface area contributed by atoms with Gasteiger partial charge in [0.2, 0.25) is 0 Å². The minimum atomic E-state index is 0.548. The molecule has 0 aliphatic carbocycles. The Morgan fingerprint density at radius 1 is 1.43 bits per heavy atom. The molecule has 72 valence electrons. The normalized spacial score (nSPS) is 10.4. The Balaban J connectivity index is 2.61. The summed E-state index contributed by atoms with van der Waals surface area (Å²) in [5, 5.41) is 1.25. The van der Waals surface area contributed by atoms with Gasteiger partial charge in [-0.2, -0.15) is 0 Å². The van der Waals surface area contributed by atoms with E-state index in [4.69, 9.17) is 17.3 Å². The molecule has 0 aliphatic heterocycles. The van der Waals surface area contributed by atoms with Gasteiger partial charge in [0.05, 0.1) is 9.90 Å². The molecule has 1 aromatic carbocycles. The topological polar surface area (TPSA) is 38.9 Å². The quantitative estimate of drug-likeness (QED) is 0.867. The zero-order valence-electron chi connectivity index (χ0n) is 7.00. The van der Waals surface area contributed by atoms with Gasteiger partial charge in [-0.3, -0.25) is 0 Å². The van der Waals surface area contributed by atoms with Crippen LogP contribution in [0, 0.1) is 0 Å². The summed E-state index contributed by atoms with van der Waals surface area (Å²) < 4.78 is 0.952. The van der Waals surface area contributed by atoms with Crippen LogP contribution in [0.25, 0.3) is 10.4 Å². The molecule has 0 saturated carbocycles. The summed E-state index contributed by atoms with van der Waals surface area (Å²) in [4.78, 5) is 4.96. The average molecular weight is 290 g/mol. The highest BCUT2D eigenvalue weighted by Gasteiger charge is 2.10. The van der Waals surface area contributed by atoms with E-state index in [0.717, 1.165) is 14.9 Å². The van der Waals surface area contributed by atoms with Crippen LogP contribution in [-0.4, -0.2) is 4.98 Å². The molecule has 2 rings (SSSR count). The van der Waals surface area contributed by atoms with Crippen molar-refractivity contribution in [3.05, 3.63) is 33.9 Å². The fraction of sp³-hybridized carbons (Fsp3) is 0. The smallest absolute Gasteiger partial charge is 0.180 e. The molecule has 0 atom stereocenters. The number of nitrogen functional groups attached to an aromatic ring is 1. The van der Waals surface area contributed by atoms with E-state index in [1.165, 1.54) is 11.3 Å². The van der Waals surface area contributed by atoms with E-state index >= 15 is 0 Å². The molecule has 0 spiro atoms. The van der Waals surface area contributed by atoms with Crippen molar-refractivity contribution in [1.29, 1.82) is 0 Å². The molecule has 0 amide bonds. The van der Waals surface area contributed by atoms with Crippen LogP contribution in [0.3, 0.4) is 0 Å². The van der Waals surface area contributed by atoms with Crippen molar-refractivity contribution in [2.24, 2.45) is 0 Å². The van der Waals surface area contributed by atoms with Crippen molar-refractivity contribution >= 4 is 44.0 Å². The molecule has 0 saturated heterocycles. The number of halogens is 2. The van der Waals surface area contributed by atoms with Crippen molar-refractivity contribution < 1.29 is 0 Å². The molecule has 5 heteroatoms. The van der Waals surface area contributed by atoms with Crippen LogP contribution < -0.4 is 5.73 Å². The van der Waals surface area contributed by atoms with Crippen molar-refractivity contribution in [2.75, 3.05) is 5.73 Å². The fourth-order valence-electron chi connectivity index (χ4n) is 1.14. The van der Waals surface area contributed by atoms with Crippen LogP contribution >= 0.6 is 38.9 Å². The van der Waals surface area contributed by atoms with Gasteiger partial charge in [0.1, 0.15) is 0 Å². The maximum atomic E-state index is 6.08. The molecule has 2 N–H and O–H groups in total. The lowest BCUT2D eigenvalue weighted by atomic mass is 10.2. The second-order valence-corrected chi connectivity index (χ2v) is 4.98. The molecule has 1 aromatic heterocycles. The predicted molar refractivity (Wildman–Crippen MR) is 64.7 cm³/mol. The first-order chi connectivity index (χ1) is 6.68. The molecule has 2 aromatic rings. The molecule has 2 nitrogen and oxygen atoms in total. The third kappa shape index (κ3) is 1.78. The van der Waals surface area contributed by atoms with E-state index in [-0.39, 0.29) is 0 Å². The fourth-order valence-corrected chi connectivity index (χ4v) is 3.05. The summed E-state index contributed by atoms with van der Waals surface area (Å²) in [6.07, 6.45) is 1.73. The summed E-state index contributed by atoms with van der Waals surface area (Å²) in [5.41, 5.74) is 6.51.